The molecule has 112 valence electrons. The summed E-state index contributed by atoms with van der Waals surface area (Å²) in [6, 6.07) is 0. The number of aryl methyl sites for hydroxylation is 1. The largest absolute Gasteiger partial charge is 0.241 e. The van der Waals surface area contributed by atoms with Gasteiger partial charge in [-0.25, -0.2) is 9.97 Å². The molecule has 0 N–H and O–H groups in total. The molecule has 0 aromatic carbocycles. The number of nitrogens with zero attached hydrogens (tertiary/aromatic N) is 2. The zero-order chi connectivity index (χ0) is 14.2. The van der Waals surface area contributed by atoms with Gasteiger partial charge in [-0.1, -0.05) is 39.0 Å². The van der Waals surface area contributed by atoms with E-state index in [1.54, 1.807) is 16.8 Å². The van der Waals surface area contributed by atoms with Crippen LogP contribution < -0.4 is 0 Å². The number of aromatic nitrogens is 2. The van der Waals surface area contributed by atoms with Crippen LogP contribution in [0.5, 0.6) is 0 Å². The third kappa shape index (κ3) is 2.40. The fourth-order valence-electron chi connectivity index (χ4n) is 4.36. The van der Waals surface area contributed by atoms with Crippen molar-refractivity contribution in [1.82, 2.24) is 9.97 Å². The molecule has 1 fully saturated rings. The molecule has 3 heteroatoms. The average Bonchev–Trinajstić information content (AvgIpc) is 3.07. The molecule has 4 rings (SSSR count). The van der Waals surface area contributed by atoms with Crippen molar-refractivity contribution in [1.29, 1.82) is 0 Å². The molecule has 2 aromatic heterocycles. The Morgan fingerprint density at radius 1 is 1.14 bits per heavy atom. The van der Waals surface area contributed by atoms with E-state index in [1.165, 1.54) is 73.7 Å². The molecular weight excluding hydrogens is 276 g/mol. The lowest BCUT2D eigenvalue weighted by atomic mass is 9.85. The quantitative estimate of drug-likeness (QED) is 0.773. The molecule has 0 saturated heterocycles. The van der Waals surface area contributed by atoms with E-state index in [2.05, 4.69) is 11.9 Å². The highest BCUT2D eigenvalue weighted by Gasteiger charge is 2.28. The fraction of sp³-hybridized carbons (Fsp3) is 0.667. The Bertz CT molecular complexity index is 640. The SMILES string of the molecule is CCC1CCc2sc3ncnc(CC4CCCCC4)c3c21. The number of hydrogen-bond donors (Lipinski definition) is 0. The smallest absolute Gasteiger partial charge is 0.127 e. The van der Waals surface area contributed by atoms with Crippen molar-refractivity contribution in [2.75, 3.05) is 0 Å². The van der Waals surface area contributed by atoms with Gasteiger partial charge in [-0.2, -0.15) is 0 Å². The van der Waals surface area contributed by atoms with Crippen molar-refractivity contribution in [3.05, 3.63) is 22.5 Å². The lowest BCUT2D eigenvalue weighted by Crippen LogP contribution is -2.11. The molecule has 1 saturated carbocycles. The number of rotatable bonds is 3. The molecule has 2 aromatic rings. The highest BCUT2D eigenvalue weighted by molar-refractivity contribution is 7.18. The van der Waals surface area contributed by atoms with E-state index in [4.69, 9.17) is 4.98 Å². The Labute approximate surface area is 131 Å². The number of thiophene rings is 1. The fourth-order valence-corrected chi connectivity index (χ4v) is 5.62. The van der Waals surface area contributed by atoms with Gasteiger partial charge in [-0.05, 0) is 43.1 Å². The summed E-state index contributed by atoms with van der Waals surface area (Å²) in [7, 11) is 0. The Balaban J connectivity index is 1.74. The molecule has 0 bridgehead atoms. The molecule has 2 heterocycles. The lowest BCUT2D eigenvalue weighted by molar-refractivity contribution is 0.355. The van der Waals surface area contributed by atoms with Gasteiger partial charge in [0.05, 0.1) is 5.69 Å². The van der Waals surface area contributed by atoms with Crippen LogP contribution in [0.3, 0.4) is 0 Å². The van der Waals surface area contributed by atoms with Crippen LogP contribution in [0.4, 0.5) is 0 Å². The molecular formula is C18H24N2S. The van der Waals surface area contributed by atoms with Gasteiger partial charge in [-0.15, -0.1) is 11.3 Å². The van der Waals surface area contributed by atoms with Crippen molar-refractivity contribution in [2.24, 2.45) is 5.92 Å². The second-order valence-corrected chi connectivity index (χ2v) is 7.88. The highest BCUT2D eigenvalue weighted by atomic mass is 32.1. The van der Waals surface area contributed by atoms with Gasteiger partial charge in [0.25, 0.3) is 0 Å². The standard InChI is InChI=1S/C18H24N2S/c1-2-13-8-9-15-16(13)17-14(19-11-20-18(17)21-15)10-12-6-4-3-5-7-12/h11-13H,2-10H2,1H3. The normalized spacial score (nSPS) is 22.8. The first-order valence-electron chi connectivity index (χ1n) is 8.62. The monoisotopic (exact) mass is 300 g/mol. The van der Waals surface area contributed by atoms with E-state index in [-0.39, 0.29) is 0 Å². The van der Waals surface area contributed by atoms with E-state index in [0.717, 1.165) is 11.8 Å². The van der Waals surface area contributed by atoms with Gasteiger partial charge in [0.2, 0.25) is 0 Å². The van der Waals surface area contributed by atoms with Gasteiger partial charge in [0.1, 0.15) is 11.2 Å². The van der Waals surface area contributed by atoms with Gasteiger partial charge >= 0.3 is 0 Å². The molecule has 21 heavy (non-hydrogen) atoms. The average molecular weight is 300 g/mol. The van der Waals surface area contributed by atoms with E-state index < -0.39 is 0 Å². The van der Waals surface area contributed by atoms with E-state index >= 15 is 0 Å². The van der Waals surface area contributed by atoms with Crippen LogP contribution in [-0.2, 0) is 12.8 Å². The van der Waals surface area contributed by atoms with Crippen LogP contribution in [-0.4, -0.2) is 9.97 Å². The second kappa shape index (κ2) is 5.68. The molecule has 2 aliphatic carbocycles. The van der Waals surface area contributed by atoms with Gasteiger partial charge < -0.3 is 0 Å². The molecule has 0 radical (unpaired) electrons. The maximum atomic E-state index is 4.72. The summed E-state index contributed by atoms with van der Waals surface area (Å²) in [6.45, 7) is 2.33. The summed E-state index contributed by atoms with van der Waals surface area (Å²) < 4.78 is 0. The molecule has 1 unspecified atom stereocenters. The second-order valence-electron chi connectivity index (χ2n) is 6.79. The molecule has 1 atom stereocenters. The van der Waals surface area contributed by atoms with Gasteiger partial charge in [-0.3, -0.25) is 0 Å². The van der Waals surface area contributed by atoms with Crippen molar-refractivity contribution in [3.8, 4) is 0 Å². The Kier molecular flexibility index (Phi) is 3.70. The van der Waals surface area contributed by atoms with Crippen LogP contribution in [0.25, 0.3) is 10.2 Å². The summed E-state index contributed by atoms with van der Waals surface area (Å²) in [5, 5.41) is 1.45. The summed E-state index contributed by atoms with van der Waals surface area (Å²) in [5.41, 5.74) is 2.98. The predicted octanol–water partition coefficient (Wildman–Crippen LogP) is 5.25. The predicted molar refractivity (Wildman–Crippen MR) is 89.0 cm³/mol. The van der Waals surface area contributed by atoms with E-state index in [9.17, 15) is 0 Å². The number of hydrogen-bond acceptors (Lipinski definition) is 3. The van der Waals surface area contributed by atoms with Crippen LogP contribution in [0.1, 0.15) is 73.9 Å². The summed E-state index contributed by atoms with van der Waals surface area (Å²) in [4.78, 5) is 12.1. The first-order chi connectivity index (χ1) is 10.4. The third-order valence-electron chi connectivity index (χ3n) is 5.51. The zero-order valence-electron chi connectivity index (χ0n) is 12.9. The van der Waals surface area contributed by atoms with Crippen molar-refractivity contribution in [3.63, 3.8) is 0 Å². The molecule has 0 spiro atoms. The van der Waals surface area contributed by atoms with Crippen LogP contribution in [0, 0.1) is 5.92 Å². The van der Waals surface area contributed by atoms with E-state index in [0.29, 0.717) is 0 Å². The Morgan fingerprint density at radius 2 is 2.00 bits per heavy atom. The topological polar surface area (TPSA) is 25.8 Å². The summed E-state index contributed by atoms with van der Waals surface area (Å²) in [5.74, 6) is 1.61. The van der Waals surface area contributed by atoms with E-state index in [1.807, 2.05) is 11.3 Å². The summed E-state index contributed by atoms with van der Waals surface area (Å²) in [6.07, 6.45) is 13.9. The third-order valence-corrected chi connectivity index (χ3v) is 6.68. The molecule has 0 amide bonds. The highest BCUT2D eigenvalue weighted by Crippen LogP contribution is 2.45. The molecule has 0 aliphatic heterocycles. The van der Waals surface area contributed by atoms with Gasteiger partial charge in [0, 0.05) is 10.3 Å². The first kappa shape index (κ1) is 13.7. The van der Waals surface area contributed by atoms with Crippen LogP contribution in [0.2, 0.25) is 0 Å². The Morgan fingerprint density at radius 3 is 2.81 bits per heavy atom. The molecule has 2 aliphatic rings. The minimum Gasteiger partial charge on any atom is -0.241 e. The van der Waals surface area contributed by atoms with Crippen molar-refractivity contribution >= 4 is 21.6 Å². The van der Waals surface area contributed by atoms with Crippen LogP contribution in [0.15, 0.2) is 6.33 Å². The van der Waals surface area contributed by atoms with Gasteiger partial charge in [0.15, 0.2) is 0 Å². The van der Waals surface area contributed by atoms with Crippen molar-refractivity contribution in [2.45, 2.75) is 70.6 Å². The molecule has 2 nitrogen and oxygen atoms in total. The summed E-state index contributed by atoms with van der Waals surface area (Å²) >= 11 is 1.93. The van der Waals surface area contributed by atoms with Crippen molar-refractivity contribution < 1.29 is 0 Å². The lowest BCUT2D eigenvalue weighted by Gasteiger charge is -2.21. The Hall–Kier alpha value is -0.960. The van der Waals surface area contributed by atoms with Crippen LogP contribution >= 0.6 is 11.3 Å². The maximum absolute atomic E-state index is 4.72. The zero-order valence-corrected chi connectivity index (χ0v) is 13.7. The number of fused-ring (bicyclic) bond motifs is 3. The first-order valence-corrected chi connectivity index (χ1v) is 9.43. The maximum Gasteiger partial charge on any atom is 0.127 e. The minimum atomic E-state index is 0.754. The minimum absolute atomic E-state index is 0.754.